The first-order valence-electron chi connectivity index (χ1n) is 12.9. The largest absolute Gasteiger partial charge is 0.813 e. The third-order valence-electron chi connectivity index (χ3n) is 7.20. The normalized spacial score (nSPS) is 10.6. The number of thiol groups is 1. The SMILES string of the molecule is CCc1cccc(CC)[c]1[Ge][c]1cccc(-c2c(C)cc(C)cc2C)c1-c1c(C)cc(C)cc1C.O.[SH-]. The van der Waals surface area contributed by atoms with E-state index in [0.717, 1.165) is 12.8 Å². The Morgan fingerprint density at radius 2 is 1.00 bits per heavy atom. The van der Waals surface area contributed by atoms with E-state index in [1.807, 2.05) is 0 Å². The van der Waals surface area contributed by atoms with Gasteiger partial charge in [-0.3, -0.25) is 0 Å². The van der Waals surface area contributed by atoms with Crippen LogP contribution in [0.5, 0.6) is 0 Å². The summed E-state index contributed by atoms with van der Waals surface area (Å²) < 4.78 is 3.18. The molecule has 0 amide bonds. The molecule has 0 heterocycles. The van der Waals surface area contributed by atoms with Gasteiger partial charge in [-0.1, -0.05) is 0 Å². The molecule has 0 aromatic heterocycles. The van der Waals surface area contributed by atoms with E-state index in [1.165, 1.54) is 66.8 Å². The van der Waals surface area contributed by atoms with Gasteiger partial charge < -0.3 is 19.0 Å². The van der Waals surface area contributed by atoms with Gasteiger partial charge in [-0.15, -0.1) is 0 Å². The predicted molar refractivity (Wildman–Crippen MR) is 168 cm³/mol. The molecule has 0 saturated carbocycles. The number of hydrogen-bond donors (Lipinski definition) is 0. The third kappa shape index (κ3) is 6.25. The van der Waals surface area contributed by atoms with Crippen molar-refractivity contribution >= 4 is 37.7 Å². The Hall–Kier alpha value is -2.27. The molecule has 37 heavy (non-hydrogen) atoms. The summed E-state index contributed by atoms with van der Waals surface area (Å²) in [5.74, 6) is 0. The molecule has 2 radical (unpaired) electrons. The molecule has 4 aromatic carbocycles. The molecule has 0 atom stereocenters. The van der Waals surface area contributed by atoms with E-state index in [1.54, 1.807) is 8.79 Å². The molecule has 0 aliphatic heterocycles. The summed E-state index contributed by atoms with van der Waals surface area (Å²) in [5.41, 5.74) is 16.9. The van der Waals surface area contributed by atoms with E-state index in [-0.39, 0.29) is 19.0 Å². The van der Waals surface area contributed by atoms with Crippen molar-refractivity contribution < 1.29 is 5.48 Å². The van der Waals surface area contributed by atoms with Crippen LogP contribution in [0, 0.1) is 41.5 Å². The summed E-state index contributed by atoms with van der Waals surface area (Å²) >= 11 is -0.522. The maximum Gasteiger partial charge on any atom is -0.412 e. The molecular formula is C34H41GeOS-. The van der Waals surface area contributed by atoms with Crippen LogP contribution in [-0.4, -0.2) is 20.9 Å². The molecular weight excluding hydrogens is 529 g/mol. The minimum Gasteiger partial charge on any atom is -0.813 e. The van der Waals surface area contributed by atoms with Gasteiger partial charge in [-0.25, -0.2) is 0 Å². The first kappa shape index (κ1) is 31.0. The topological polar surface area (TPSA) is 31.5 Å². The maximum atomic E-state index is 2.42. The summed E-state index contributed by atoms with van der Waals surface area (Å²) in [4.78, 5) is 0. The zero-order valence-electron chi connectivity index (χ0n) is 23.6. The first-order valence-corrected chi connectivity index (χ1v) is 15.0. The second kappa shape index (κ2) is 13.0. The van der Waals surface area contributed by atoms with Crippen LogP contribution in [-0.2, 0) is 26.3 Å². The smallest absolute Gasteiger partial charge is 0.412 e. The molecule has 2 N–H and O–H groups in total. The summed E-state index contributed by atoms with van der Waals surface area (Å²) in [6, 6.07) is 23.4. The van der Waals surface area contributed by atoms with Gasteiger partial charge in [-0.2, -0.15) is 0 Å². The minimum atomic E-state index is -0.522. The summed E-state index contributed by atoms with van der Waals surface area (Å²) in [5, 5.41) is 0. The Kier molecular flexibility index (Phi) is 10.9. The van der Waals surface area contributed by atoms with Gasteiger partial charge in [-0.05, 0) is 0 Å². The van der Waals surface area contributed by atoms with E-state index < -0.39 is 15.4 Å². The fourth-order valence-electron chi connectivity index (χ4n) is 5.85. The maximum absolute atomic E-state index is 2.42. The minimum absolute atomic E-state index is 0. The van der Waals surface area contributed by atoms with E-state index in [2.05, 4.69) is 116 Å². The van der Waals surface area contributed by atoms with E-state index >= 15 is 0 Å². The predicted octanol–water partition coefficient (Wildman–Crippen LogP) is 6.56. The van der Waals surface area contributed by atoms with Gasteiger partial charge in [0.2, 0.25) is 0 Å². The molecule has 3 heteroatoms. The van der Waals surface area contributed by atoms with Crippen LogP contribution in [0.3, 0.4) is 0 Å². The van der Waals surface area contributed by atoms with Crippen molar-refractivity contribution in [3.8, 4) is 22.3 Å². The molecule has 0 saturated heterocycles. The number of aryl methyl sites for hydroxylation is 8. The molecule has 0 spiro atoms. The van der Waals surface area contributed by atoms with Crippen LogP contribution in [0.2, 0.25) is 0 Å². The van der Waals surface area contributed by atoms with E-state index in [9.17, 15) is 0 Å². The van der Waals surface area contributed by atoms with Crippen molar-refractivity contribution in [2.45, 2.75) is 68.2 Å². The van der Waals surface area contributed by atoms with Crippen LogP contribution in [0.25, 0.3) is 22.3 Å². The number of hydrogen-bond acceptors (Lipinski definition) is 1. The quantitative estimate of drug-likeness (QED) is 0.147. The van der Waals surface area contributed by atoms with Crippen LogP contribution in [0.4, 0.5) is 0 Å². The molecule has 0 bridgehead atoms. The Morgan fingerprint density at radius 1 is 0.568 bits per heavy atom. The number of benzene rings is 4. The molecule has 0 unspecified atom stereocenters. The van der Waals surface area contributed by atoms with Crippen molar-refractivity contribution in [1.82, 2.24) is 0 Å². The Balaban J connectivity index is 0.00000241. The second-order valence-corrected chi connectivity index (χ2v) is 12.8. The summed E-state index contributed by atoms with van der Waals surface area (Å²) in [7, 11) is 0. The Morgan fingerprint density at radius 3 is 1.46 bits per heavy atom. The fourth-order valence-corrected chi connectivity index (χ4v) is 9.37. The molecule has 1 nitrogen and oxygen atoms in total. The Bertz CT molecular complexity index is 1340. The molecule has 194 valence electrons. The summed E-state index contributed by atoms with van der Waals surface area (Å²) in [6.45, 7) is 18.2. The average molecular weight is 570 g/mol. The molecule has 4 aromatic rings. The average Bonchev–Trinajstić information content (AvgIpc) is 2.79. The van der Waals surface area contributed by atoms with Gasteiger partial charge in [0.1, 0.15) is 0 Å². The van der Waals surface area contributed by atoms with Gasteiger partial charge >= 0.3 is 220 Å². The zero-order valence-corrected chi connectivity index (χ0v) is 26.6. The van der Waals surface area contributed by atoms with Gasteiger partial charge in [0.25, 0.3) is 0 Å². The van der Waals surface area contributed by atoms with Crippen molar-refractivity contribution in [2.75, 3.05) is 0 Å². The summed E-state index contributed by atoms with van der Waals surface area (Å²) in [6.07, 6.45) is 2.20. The fraction of sp³-hybridized carbons (Fsp3) is 0.294. The van der Waals surface area contributed by atoms with Gasteiger partial charge in [0.05, 0.1) is 0 Å². The van der Waals surface area contributed by atoms with Gasteiger partial charge in [0.15, 0.2) is 0 Å². The second-order valence-electron chi connectivity index (χ2n) is 10.1. The number of rotatable bonds is 6. The zero-order chi connectivity index (χ0) is 25.3. The molecule has 0 aliphatic carbocycles. The van der Waals surface area contributed by atoms with Gasteiger partial charge in [0, 0.05) is 0 Å². The van der Waals surface area contributed by atoms with Crippen molar-refractivity contribution in [1.29, 1.82) is 0 Å². The van der Waals surface area contributed by atoms with Crippen LogP contribution in [0.15, 0.2) is 60.7 Å². The van der Waals surface area contributed by atoms with Crippen molar-refractivity contribution in [3.63, 3.8) is 0 Å². The molecule has 4 rings (SSSR count). The van der Waals surface area contributed by atoms with Crippen molar-refractivity contribution in [3.05, 3.63) is 105 Å². The molecule has 0 fully saturated rings. The van der Waals surface area contributed by atoms with Crippen LogP contribution >= 0.6 is 0 Å². The third-order valence-corrected chi connectivity index (χ3v) is 10.5. The Labute approximate surface area is 238 Å². The standard InChI is InChI=1S/C34H38Ge.H2O.H2S/c1-9-27-13-11-14-28(10-2)34(27)35-30-16-12-15-29(31-23(5)17-21(3)18-24(31)6)33(30)32-25(7)19-22(4)20-26(32)8;;/h11-20H,9-10H2,1-8H3;2*1H2/p-1. The molecule has 0 aliphatic rings. The van der Waals surface area contributed by atoms with Crippen LogP contribution < -0.4 is 8.79 Å². The monoisotopic (exact) mass is 571 g/mol. The van der Waals surface area contributed by atoms with Crippen LogP contribution in [0.1, 0.15) is 58.4 Å². The van der Waals surface area contributed by atoms with E-state index in [4.69, 9.17) is 0 Å². The van der Waals surface area contributed by atoms with E-state index in [0.29, 0.717) is 0 Å². The first-order chi connectivity index (χ1) is 16.7. The van der Waals surface area contributed by atoms with Crippen molar-refractivity contribution in [2.24, 2.45) is 0 Å².